The summed E-state index contributed by atoms with van der Waals surface area (Å²) in [6.45, 7) is 2.24. The predicted molar refractivity (Wildman–Crippen MR) is 58.8 cm³/mol. The molecule has 0 saturated carbocycles. The number of hydrogen-bond acceptors (Lipinski definition) is 5. The molecule has 0 aromatic carbocycles. The Labute approximate surface area is 91.6 Å². The van der Waals surface area contributed by atoms with E-state index in [1.165, 1.54) is 6.33 Å². The molecular weight excluding hydrogens is 212 g/mol. The summed E-state index contributed by atoms with van der Waals surface area (Å²) in [7, 11) is 0. The van der Waals surface area contributed by atoms with Crippen molar-refractivity contribution in [3.63, 3.8) is 0 Å². The van der Waals surface area contributed by atoms with E-state index < -0.39 is 6.10 Å². The van der Waals surface area contributed by atoms with Crippen LogP contribution >= 0.6 is 11.8 Å². The van der Waals surface area contributed by atoms with Crippen molar-refractivity contribution in [1.82, 2.24) is 19.5 Å². The van der Waals surface area contributed by atoms with E-state index in [1.807, 2.05) is 10.8 Å². The van der Waals surface area contributed by atoms with Crippen molar-refractivity contribution < 1.29 is 5.11 Å². The zero-order chi connectivity index (χ0) is 10.8. The maximum atomic E-state index is 9.31. The number of thioether (sulfide) groups is 1. The molecule has 0 aliphatic rings. The number of nitrogens with zero attached hydrogens (tertiary/aromatic N) is 4. The lowest BCUT2D eigenvalue weighted by atomic mass is 10.4. The fourth-order valence-corrected chi connectivity index (χ4v) is 1.92. The monoisotopic (exact) mass is 224 g/mol. The van der Waals surface area contributed by atoms with Gasteiger partial charge in [0.05, 0.1) is 19.0 Å². The average molecular weight is 224 g/mol. The zero-order valence-corrected chi connectivity index (χ0v) is 9.40. The van der Waals surface area contributed by atoms with Gasteiger partial charge in [0, 0.05) is 0 Å². The highest BCUT2D eigenvalue weighted by Crippen LogP contribution is 2.20. The molecule has 2 heterocycles. The molecule has 0 bridgehead atoms. The first-order valence-corrected chi connectivity index (χ1v) is 5.82. The number of aliphatic hydroxyl groups excluding tert-OH is 1. The Kier molecular flexibility index (Phi) is 2.88. The third-order valence-corrected chi connectivity index (χ3v) is 2.71. The Morgan fingerprint density at radius 1 is 1.47 bits per heavy atom. The summed E-state index contributed by atoms with van der Waals surface area (Å²) >= 11 is 1.54. The van der Waals surface area contributed by atoms with Crippen LogP contribution in [0.3, 0.4) is 0 Å². The van der Waals surface area contributed by atoms with Gasteiger partial charge in [-0.3, -0.25) is 0 Å². The van der Waals surface area contributed by atoms with Gasteiger partial charge in [-0.2, -0.15) is 0 Å². The third-order valence-electron chi connectivity index (χ3n) is 2.02. The van der Waals surface area contributed by atoms with Gasteiger partial charge in [-0.25, -0.2) is 15.0 Å². The minimum Gasteiger partial charge on any atom is -0.392 e. The molecule has 2 rings (SSSR count). The fourth-order valence-electron chi connectivity index (χ4n) is 1.43. The molecule has 0 spiro atoms. The van der Waals surface area contributed by atoms with Crippen molar-refractivity contribution in [1.29, 1.82) is 0 Å². The summed E-state index contributed by atoms with van der Waals surface area (Å²) in [5.74, 6) is 0. The van der Waals surface area contributed by atoms with Crippen LogP contribution in [0, 0.1) is 0 Å². The van der Waals surface area contributed by atoms with E-state index in [0.717, 1.165) is 16.2 Å². The number of imidazole rings is 1. The number of rotatable bonds is 3. The molecule has 0 saturated heterocycles. The SMILES string of the molecule is CSc1ncnc2c1ncn2CC(C)O. The van der Waals surface area contributed by atoms with E-state index in [-0.39, 0.29) is 0 Å². The van der Waals surface area contributed by atoms with Crippen molar-refractivity contribution in [2.24, 2.45) is 0 Å². The minimum atomic E-state index is -0.407. The van der Waals surface area contributed by atoms with Crippen LogP contribution in [0.2, 0.25) is 0 Å². The molecule has 1 unspecified atom stereocenters. The van der Waals surface area contributed by atoms with Crippen LogP contribution in [-0.2, 0) is 6.54 Å². The molecule has 1 atom stereocenters. The van der Waals surface area contributed by atoms with Crippen molar-refractivity contribution in [2.45, 2.75) is 24.6 Å². The van der Waals surface area contributed by atoms with Crippen LogP contribution in [0.5, 0.6) is 0 Å². The summed E-state index contributed by atoms with van der Waals surface area (Å²) in [6, 6.07) is 0. The summed E-state index contributed by atoms with van der Waals surface area (Å²) in [6.07, 6.45) is 4.76. The third kappa shape index (κ3) is 1.95. The summed E-state index contributed by atoms with van der Waals surface area (Å²) < 4.78 is 1.83. The summed E-state index contributed by atoms with van der Waals surface area (Å²) in [4.78, 5) is 12.5. The standard InChI is InChI=1S/C9H12N4OS/c1-6(14)3-13-5-12-7-8(13)10-4-11-9(7)15-2/h4-6,14H,3H2,1-2H3. The van der Waals surface area contributed by atoms with Gasteiger partial charge < -0.3 is 9.67 Å². The molecule has 80 valence electrons. The van der Waals surface area contributed by atoms with Gasteiger partial charge in [0.2, 0.25) is 0 Å². The second-order valence-electron chi connectivity index (χ2n) is 3.30. The largest absolute Gasteiger partial charge is 0.392 e. The normalized spacial score (nSPS) is 13.3. The zero-order valence-electron chi connectivity index (χ0n) is 8.58. The van der Waals surface area contributed by atoms with Gasteiger partial charge in [0.15, 0.2) is 5.65 Å². The van der Waals surface area contributed by atoms with Gasteiger partial charge >= 0.3 is 0 Å². The molecule has 15 heavy (non-hydrogen) atoms. The molecule has 5 nitrogen and oxygen atoms in total. The fraction of sp³-hybridized carbons (Fsp3) is 0.444. The van der Waals surface area contributed by atoms with Crippen molar-refractivity contribution >= 4 is 22.9 Å². The topological polar surface area (TPSA) is 63.8 Å². The predicted octanol–water partition coefficient (Wildman–Crippen LogP) is 0.929. The smallest absolute Gasteiger partial charge is 0.164 e. The van der Waals surface area contributed by atoms with E-state index >= 15 is 0 Å². The highest BCUT2D eigenvalue weighted by atomic mass is 32.2. The van der Waals surface area contributed by atoms with Gasteiger partial charge in [-0.1, -0.05) is 0 Å². The molecule has 0 fully saturated rings. The lowest BCUT2D eigenvalue weighted by Gasteiger charge is -2.05. The number of aromatic nitrogens is 4. The Hall–Kier alpha value is -1.14. The first-order chi connectivity index (χ1) is 7.22. The lowest BCUT2D eigenvalue weighted by molar-refractivity contribution is 0.175. The Balaban J connectivity index is 2.51. The Bertz CT molecular complexity index is 468. The van der Waals surface area contributed by atoms with Crippen LogP contribution in [-0.4, -0.2) is 37.0 Å². The Morgan fingerprint density at radius 3 is 2.93 bits per heavy atom. The Morgan fingerprint density at radius 2 is 2.27 bits per heavy atom. The molecule has 6 heteroatoms. The minimum absolute atomic E-state index is 0.407. The maximum Gasteiger partial charge on any atom is 0.164 e. The van der Waals surface area contributed by atoms with Crippen molar-refractivity contribution in [2.75, 3.05) is 6.26 Å². The van der Waals surface area contributed by atoms with Gasteiger partial charge in [0.25, 0.3) is 0 Å². The second-order valence-corrected chi connectivity index (χ2v) is 4.10. The van der Waals surface area contributed by atoms with Crippen molar-refractivity contribution in [3.05, 3.63) is 12.7 Å². The number of aliphatic hydroxyl groups is 1. The lowest BCUT2D eigenvalue weighted by Crippen LogP contribution is -2.11. The summed E-state index contributed by atoms with van der Waals surface area (Å²) in [5, 5.41) is 10.2. The molecule has 0 amide bonds. The van der Waals surface area contributed by atoms with E-state index in [9.17, 15) is 5.11 Å². The van der Waals surface area contributed by atoms with E-state index in [0.29, 0.717) is 6.54 Å². The van der Waals surface area contributed by atoms with Gasteiger partial charge in [0.1, 0.15) is 16.9 Å². The molecule has 0 aliphatic heterocycles. The molecule has 2 aromatic rings. The van der Waals surface area contributed by atoms with Gasteiger partial charge in [-0.15, -0.1) is 11.8 Å². The van der Waals surface area contributed by atoms with Crippen LogP contribution in [0.15, 0.2) is 17.7 Å². The second kappa shape index (κ2) is 4.16. The number of hydrogen-bond donors (Lipinski definition) is 1. The molecule has 0 radical (unpaired) electrons. The van der Waals surface area contributed by atoms with E-state index in [4.69, 9.17) is 0 Å². The van der Waals surface area contributed by atoms with Gasteiger partial charge in [-0.05, 0) is 13.2 Å². The highest BCUT2D eigenvalue weighted by Gasteiger charge is 2.09. The van der Waals surface area contributed by atoms with Crippen LogP contribution in [0.25, 0.3) is 11.2 Å². The molecule has 0 aliphatic carbocycles. The summed E-state index contributed by atoms with van der Waals surface area (Å²) in [5.41, 5.74) is 1.57. The van der Waals surface area contributed by atoms with E-state index in [2.05, 4.69) is 15.0 Å². The quantitative estimate of drug-likeness (QED) is 0.620. The van der Waals surface area contributed by atoms with Crippen LogP contribution < -0.4 is 0 Å². The number of fused-ring (bicyclic) bond motifs is 1. The van der Waals surface area contributed by atoms with Crippen molar-refractivity contribution in [3.8, 4) is 0 Å². The molecular formula is C9H12N4OS. The van der Waals surface area contributed by atoms with Crippen LogP contribution in [0.1, 0.15) is 6.92 Å². The van der Waals surface area contributed by atoms with E-state index in [1.54, 1.807) is 25.0 Å². The molecule has 2 aromatic heterocycles. The first kappa shape index (κ1) is 10.4. The maximum absolute atomic E-state index is 9.31. The average Bonchev–Trinajstić information content (AvgIpc) is 2.61. The van der Waals surface area contributed by atoms with Crippen LogP contribution in [0.4, 0.5) is 0 Å². The highest BCUT2D eigenvalue weighted by molar-refractivity contribution is 7.98. The molecule has 1 N–H and O–H groups in total. The first-order valence-electron chi connectivity index (χ1n) is 4.60.